The standard InChI is InChI=1S/C18H23NO/c1-15(16-8-4-3-5-9-16)14-19-13-12-17-10-6-7-11-18(17)20-2/h3-11,15,19H,12-14H2,1-2H3/t15-/m1/s1. The van der Waals surface area contributed by atoms with Crippen LogP contribution in [0.4, 0.5) is 0 Å². The molecule has 0 fully saturated rings. The molecule has 2 heteroatoms. The van der Waals surface area contributed by atoms with Gasteiger partial charge < -0.3 is 10.1 Å². The minimum atomic E-state index is 0.536. The normalized spacial score (nSPS) is 12.1. The van der Waals surface area contributed by atoms with Gasteiger partial charge in [-0.1, -0.05) is 55.5 Å². The van der Waals surface area contributed by atoms with E-state index >= 15 is 0 Å². The Morgan fingerprint density at radius 1 is 1.00 bits per heavy atom. The molecule has 0 aliphatic carbocycles. The van der Waals surface area contributed by atoms with Crippen molar-refractivity contribution in [2.24, 2.45) is 0 Å². The van der Waals surface area contributed by atoms with Gasteiger partial charge in [0.2, 0.25) is 0 Å². The Labute approximate surface area is 121 Å². The second-order valence-corrected chi connectivity index (χ2v) is 5.08. The monoisotopic (exact) mass is 269 g/mol. The van der Waals surface area contributed by atoms with Crippen LogP contribution in [0.5, 0.6) is 5.75 Å². The quantitative estimate of drug-likeness (QED) is 0.775. The summed E-state index contributed by atoms with van der Waals surface area (Å²) in [7, 11) is 1.73. The first kappa shape index (κ1) is 14.6. The molecular formula is C18H23NO. The SMILES string of the molecule is COc1ccccc1CCNC[C@@H](C)c1ccccc1. The lowest BCUT2D eigenvalue weighted by Crippen LogP contribution is -2.22. The van der Waals surface area contributed by atoms with Gasteiger partial charge >= 0.3 is 0 Å². The summed E-state index contributed by atoms with van der Waals surface area (Å²) in [6.07, 6.45) is 0.992. The van der Waals surface area contributed by atoms with E-state index in [1.165, 1.54) is 11.1 Å². The maximum absolute atomic E-state index is 5.37. The fourth-order valence-corrected chi connectivity index (χ4v) is 2.35. The molecule has 1 N–H and O–H groups in total. The topological polar surface area (TPSA) is 21.3 Å². The Hall–Kier alpha value is -1.80. The number of hydrogen-bond donors (Lipinski definition) is 1. The molecule has 0 unspecified atom stereocenters. The summed E-state index contributed by atoms with van der Waals surface area (Å²) in [4.78, 5) is 0. The van der Waals surface area contributed by atoms with Gasteiger partial charge in [-0.05, 0) is 36.1 Å². The van der Waals surface area contributed by atoms with Gasteiger partial charge in [0.1, 0.15) is 5.75 Å². The van der Waals surface area contributed by atoms with Gasteiger partial charge in [0.25, 0.3) is 0 Å². The van der Waals surface area contributed by atoms with Crippen molar-refractivity contribution in [3.05, 3.63) is 65.7 Å². The molecule has 0 heterocycles. The van der Waals surface area contributed by atoms with Crippen LogP contribution in [-0.2, 0) is 6.42 Å². The minimum absolute atomic E-state index is 0.536. The molecule has 2 nitrogen and oxygen atoms in total. The van der Waals surface area contributed by atoms with Crippen molar-refractivity contribution >= 4 is 0 Å². The Morgan fingerprint density at radius 3 is 2.45 bits per heavy atom. The van der Waals surface area contributed by atoms with E-state index in [9.17, 15) is 0 Å². The lowest BCUT2D eigenvalue weighted by molar-refractivity contribution is 0.409. The van der Waals surface area contributed by atoms with E-state index < -0.39 is 0 Å². The maximum Gasteiger partial charge on any atom is 0.122 e. The average Bonchev–Trinajstić information content (AvgIpc) is 2.52. The Balaban J connectivity index is 1.76. The predicted octanol–water partition coefficient (Wildman–Crippen LogP) is 3.63. The summed E-state index contributed by atoms with van der Waals surface area (Å²) in [6, 6.07) is 18.8. The third-order valence-electron chi connectivity index (χ3n) is 3.58. The van der Waals surface area contributed by atoms with E-state index in [2.05, 4.69) is 54.7 Å². The van der Waals surface area contributed by atoms with Crippen molar-refractivity contribution in [3.63, 3.8) is 0 Å². The number of hydrogen-bond acceptors (Lipinski definition) is 2. The highest BCUT2D eigenvalue weighted by molar-refractivity contribution is 5.33. The molecule has 0 bridgehead atoms. The zero-order valence-corrected chi connectivity index (χ0v) is 12.3. The molecule has 0 aliphatic rings. The summed E-state index contributed by atoms with van der Waals surface area (Å²) in [5.41, 5.74) is 2.65. The van der Waals surface area contributed by atoms with Crippen LogP contribution in [0, 0.1) is 0 Å². The zero-order valence-electron chi connectivity index (χ0n) is 12.3. The van der Waals surface area contributed by atoms with Crippen LogP contribution in [0.25, 0.3) is 0 Å². The van der Waals surface area contributed by atoms with Crippen LogP contribution in [0.2, 0.25) is 0 Å². The number of rotatable bonds is 7. The molecule has 106 valence electrons. The Morgan fingerprint density at radius 2 is 1.70 bits per heavy atom. The molecular weight excluding hydrogens is 246 g/mol. The molecule has 0 radical (unpaired) electrons. The highest BCUT2D eigenvalue weighted by Crippen LogP contribution is 2.17. The van der Waals surface area contributed by atoms with E-state index in [1.54, 1.807) is 7.11 Å². The second kappa shape index (κ2) is 7.71. The van der Waals surface area contributed by atoms with Crippen LogP contribution in [0.15, 0.2) is 54.6 Å². The molecule has 0 aliphatic heterocycles. The first-order valence-corrected chi connectivity index (χ1v) is 7.19. The van der Waals surface area contributed by atoms with Gasteiger partial charge in [-0.25, -0.2) is 0 Å². The number of methoxy groups -OCH3 is 1. The molecule has 2 aromatic rings. The van der Waals surface area contributed by atoms with E-state index in [1.807, 2.05) is 12.1 Å². The lowest BCUT2D eigenvalue weighted by atomic mass is 10.0. The molecule has 2 rings (SSSR count). The maximum atomic E-state index is 5.37. The number of nitrogens with one attached hydrogen (secondary N) is 1. The molecule has 0 spiro atoms. The molecule has 0 saturated carbocycles. The predicted molar refractivity (Wildman–Crippen MR) is 84.4 cm³/mol. The van der Waals surface area contributed by atoms with Gasteiger partial charge in [0.15, 0.2) is 0 Å². The van der Waals surface area contributed by atoms with E-state index in [-0.39, 0.29) is 0 Å². The first-order valence-electron chi connectivity index (χ1n) is 7.19. The van der Waals surface area contributed by atoms with Gasteiger partial charge in [-0.3, -0.25) is 0 Å². The third-order valence-corrected chi connectivity index (χ3v) is 3.58. The molecule has 0 saturated heterocycles. The first-order chi connectivity index (χ1) is 9.81. The average molecular weight is 269 g/mol. The zero-order chi connectivity index (χ0) is 14.2. The van der Waals surface area contributed by atoms with Crippen LogP contribution in [0.1, 0.15) is 24.0 Å². The van der Waals surface area contributed by atoms with Gasteiger partial charge in [0.05, 0.1) is 7.11 Å². The third kappa shape index (κ3) is 4.10. The van der Waals surface area contributed by atoms with E-state index in [0.29, 0.717) is 5.92 Å². The molecule has 0 aromatic heterocycles. The number of ether oxygens (including phenoxy) is 1. The van der Waals surface area contributed by atoms with Crippen molar-refractivity contribution in [1.29, 1.82) is 0 Å². The summed E-state index contributed by atoms with van der Waals surface area (Å²) < 4.78 is 5.37. The largest absolute Gasteiger partial charge is 0.496 e. The van der Waals surface area contributed by atoms with Gasteiger partial charge in [0, 0.05) is 6.54 Å². The fourth-order valence-electron chi connectivity index (χ4n) is 2.35. The highest BCUT2D eigenvalue weighted by atomic mass is 16.5. The lowest BCUT2D eigenvalue weighted by Gasteiger charge is -2.13. The van der Waals surface area contributed by atoms with Gasteiger partial charge in [-0.2, -0.15) is 0 Å². The van der Waals surface area contributed by atoms with Crippen molar-refractivity contribution in [3.8, 4) is 5.75 Å². The Kier molecular flexibility index (Phi) is 5.63. The van der Waals surface area contributed by atoms with Crippen LogP contribution in [-0.4, -0.2) is 20.2 Å². The molecule has 0 amide bonds. The summed E-state index contributed by atoms with van der Waals surface area (Å²) >= 11 is 0. The van der Waals surface area contributed by atoms with Crippen molar-refractivity contribution in [2.75, 3.05) is 20.2 Å². The fraction of sp³-hybridized carbons (Fsp3) is 0.333. The minimum Gasteiger partial charge on any atom is -0.496 e. The smallest absolute Gasteiger partial charge is 0.122 e. The molecule has 20 heavy (non-hydrogen) atoms. The summed E-state index contributed by atoms with van der Waals surface area (Å²) in [5, 5.41) is 3.53. The highest BCUT2D eigenvalue weighted by Gasteiger charge is 2.05. The van der Waals surface area contributed by atoms with E-state index in [0.717, 1.165) is 25.3 Å². The summed E-state index contributed by atoms with van der Waals surface area (Å²) in [6.45, 7) is 4.22. The van der Waals surface area contributed by atoms with Crippen LogP contribution < -0.4 is 10.1 Å². The Bertz CT molecular complexity index is 510. The van der Waals surface area contributed by atoms with E-state index in [4.69, 9.17) is 4.74 Å². The molecule has 2 aromatic carbocycles. The van der Waals surface area contributed by atoms with Crippen LogP contribution >= 0.6 is 0 Å². The second-order valence-electron chi connectivity index (χ2n) is 5.08. The van der Waals surface area contributed by atoms with Crippen molar-refractivity contribution in [1.82, 2.24) is 5.32 Å². The molecule has 1 atom stereocenters. The van der Waals surface area contributed by atoms with Crippen LogP contribution in [0.3, 0.4) is 0 Å². The number of para-hydroxylation sites is 1. The van der Waals surface area contributed by atoms with Crippen molar-refractivity contribution < 1.29 is 4.74 Å². The number of benzene rings is 2. The summed E-state index contributed by atoms with van der Waals surface area (Å²) in [5.74, 6) is 1.51. The van der Waals surface area contributed by atoms with Gasteiger partial charge in [-0.15, -0.1) is 0 Å². The van der Waals surface area contributed by atoms with Crippen molar-refractivity contribution in [2.45, 2.75) is 19.3 Å².